The van der Waals surface area contributed by atoms with Crippen molar-refractivity contribution >= 4 is 52.5 Å². The highest BCUT2D eigenvalue weighted by molar-refractivity contribution is 6.10. The van der Waals surface area contributed by atoms with Gasteiger partial charge in [0.25, 0.3) is 5.91 Å². The summed E-state index contributed by atoms with van der Waals surface area (Å²) in [6.07, 6.45) is 0.0430. The summed E-state index contributed by atoms with van der Waals surface area (Å²) < 4.78 is 0. The van der Waals surface area contributed by atoms with Crippen molar-refractivity contribution in [3.05, 3.63) is 83.4 Å². The summed E-state index contributed by atoms with van der Waals surface area (Å²) in [5, 5.41) is 17.6. The highest BCUT2D eigenvalue weighted by atomic mass is 16.4. The van der Waals surface area contributed by atoms with Crippen LogP contribution in [-0.2, 0) is 20.8 Å². The molecular weight excluding hydrogens is 526 g/mol. The van der Waals surface area contributed by atoms with E-state index in [0.717, 1.165) is 5.56 Å². The van der Waals surface area contributed by atoms with Crippen molar-refractivity contribution in [2.75, 3.05) is 41.0 Å². The number of carbonyl (C=O) groups excluding carboxylic acids is 4. The van der Waals surface area contributed by atoms with Gasteiger partial charge in [0.15, 0.2) is 0 Å². The fraction of sp³-hybridized carbons (Fsp3) is 0.233. The Kier molecular flexibility index (Phi) is 8.66. The van der Waals surface area contributed by atoms with Gasteiger partial charge in [-0.3, -0.25) is 19.2 Å². The second-order valence-electron chi connectivity index (χ2n) is 9.93. The van der Waals surface area contributed by atoms with Crippen LogP contribution >= 0.6 is 0 Å². The number of carboxylic acid groups (broad SMARTS) is 1. The fourth-order valence-electron chi connectivity index (χ4n) is 4.37. The SMILES string of the molecule is Cc1ccccc1NC(=O)Nc1ccc(CC(=O)Nc2ccc3c(c2)C(=O)N(CC(C)C(=O)O)CC(=O)N3C)cc1. The molecule has 1 aliphatic rings. The molecule has 41 heavy (non-hydrogen) atoms. The van der Waals surface area contributed by atoms with Crippen molar-refractivity contribution in [2.45, 2.75) is 20.3 Å². The smallest absolute Gasteiger partial charge is 0.323 e. The summed E-state index contributed by atoms with van der Waals surface area (Å²) in [4.78, 5) is 64.9. The van der Waals surface area contributed by atoms with Gasteiger partial charge in [0.1, 0.15) is 6.54 Å². The Hall–Kier alpha value is -5.19. The lowest BCUT2D eigenvalue weighted by Gasteiger charge is -2.22. The van der Waals surface area contributed by atoms with Crippen LogP contribution < -0.4 is 20.9 Å². The molecule has 3 aromatic carbocycles. The lowest BCUT2D eigenvalue weighted by Crippen LogP contribution is -2.41. The van der Waals surface area contributed by atoms with Crippen molar-refractivity contribution in [3.63, 3.8) is 0 Å². The lowest BCUT2D eigenvalue weighted by molar-refractivity contribution is -0.141. The fourth-order valence-corrected chi connectivity index (χ4v) is 4.37. The number of hydrogen-bond acceptors (Lipinski definition) is 5. The molecule has 4 N–H and O–H groups in total. The molecule has 11 heteroatoms. The van der Waals surface area contributed by atoms with Crippen LogP contribution in [0.4, 0.5) is 27.5 Å². The molecule has 212 valence electrons. The molecule has 0 fully saturated rings. The van der Waals surface area contributed by atoms with Crippen LogP contribution in [-0.4, -0.2) is 59.9 Å². The molecule has 0 aliphatic carbocycles. The van der Waals surface area contributed by atoms with Gasteiger partial charge in [-0.2, -0.15) is 0 Å². The number of anilines is 4. The van der Waals surface area contributed by atoms with E-state index >= 15 is 0 Å². The number of hydrogen-bond donors (Lipinski definition) is 4. The van der Waals surface area contributed by atoms with E-state index < -0.39 is 17.8 Å². The first-order valence-corrected chi connectivity index (χ1v) is 13.0. The molecule has 4 rings (SSSR count). The Morgan fingerprint density at radius 1 is 0.927 bits per heavy atom. The summed E-state index contributed by atoms with van der Waals surface area (Å²) in [7, 11) is 1.54. The Morgan fingerprint density at radius 2 is 1.61 bits per heavy atom. The number of urea groups is 1. The minimum Gasteiger partial charge on any atom is -0.481 e. The molecule has 0 radical (unpaired) electrons. The van der Waals surface area contributed by atoms with Crippen LogP contribution in [0, 0.1) is 12.8 Å². The summed E-state index contributed by atoms with van der Waals surface area (Å²) in [6.45, 7) is 2.99. The average Bonchev–Trinajstić information content (AvgIpc) is 3.01. The summed E-state index contributed by atoms with van der Waals surface area (Å²) in [6, 6.07) is 18.6. The van der Waals surface area contributed by atoms with E-state index in [1.165, 1.54) is 22.8 Å². The van der Waals surface area contributed by atoms with Crippen LogP contribution in [0.2, 0.25) is 0 Å². The number of likely N-dealkylation sites (N-methyl/N-ethyl adjacent to an activating group) is 1. The molecule has 1 atom stereocenters. The first-order chi connectivity index (χ1) is 19.5. The van der Waals surface area contributed by atoms with Crippen LogP contribution in [0.25, 0.3) is 0 Å². The van der Waals surface area contributed by atoms with E-state index in [1.54, 1.807) is 43.4 Å². The van der Waals surface area contributed by atoms with Crippen LogP contribution in [0.1, 0.15) is 28.4 Å². The third-order valence-corrected chi connectivity index (χ3v) is 6.75. The molecule has 3 aromatic rings. The Bertz CT molecular complexity index is 1500. The summed E-state index contributed by atoms with van der Waals surface area (Å²) >= 11 is 0. The number of aryl methyl sites for hydroxylation is 1. The van der Waals surface area contributed by atoms with E-state index in [-0.39, 0.29) is 42.9 Å². The van der Waals surface area contributed by atoms with Crippen molar-refractivity contribution in [1.29, 1.82) is 0 Å². The maximum atomic E-state index is 13.2. The van der Waals surface area contributed by atoms with Gasteiger partial charge in [-0.15, -0.1) is 0 Å². The minimum absolute atomic E-state index is 0.0430. The van der Waals surface area contributed by atoms with Crippen molar-refractivity contribution in [3.8, 4) is 0 Å². The number of benzene rings is 3. The molecule has 11 nitrogen and oxygen atoms in total. The molecule has 0 aromatic heterocycles. The Balaban J connectivity index is 1.40. The number of nitrogens with one attached hydrogen (secondary N) is 3. The molecule has 0 saturated carbocycles. The number of carbonyl (C=O) groups is 5. The normalized spacial score (nSPS) is 13.6. The standard InChI is InChI=1S/C30H31N5O6/c1-18-6-4-5-7-24(18)33-30(41)32-21-10-8-20(9-11-21)14-26(36)31-22-12-13-25-23(15-22)28(38)35(16-19(2)29(39)40)17-27(37)34(25)3/h4-13,15,19H,14,16-17H2,1-3H3,(H,31,36)(H,39,40)(H2,32,33,41). The molecule has 5 amide bonds. The third-order valence-electron chi connectivity index (χ3n) is 6.75. The van der Waals surface area contributed by atoms with Gasteiger partial charge in [0, 0.05) is 30.7 Å². The zero-order valence-electron chi connectivity index (χ0n) is 22.9. The van der Waals surface area contributed by atoms with Gasteiger partial charge in [-0.05, 0) is 54.4 Å². The number of aliphatic carboxylic acids is 1. The van der Waals surface area contributed by atoms with Gasteiger partial charge in [0.05, 0.1) is 23.6 Å². The molecule has 1 unspecified atom stereocenters. The number of amides is 5. The predicted octanol–water partition coefficient (Wildman–Crippen LogP) is 3.96. The molecule has 0 bridgehead atoms. The van der Waals surface area contributed by atoms with Crippen LogP contribution in [0.3, 0.4) is 0 Å². The number of para-hydroxylation sites is 1. The van der Waals surface area contributed by atoms with E-state index in [4.69, 9.17) is 0 Å². The molecule has 0 spiro atoms. The maximum Gasteiger partial charge on any atom is 0.323 e. The quantitative estimate of drug-likeness (QED) is 0.330. The molecular formula is C30H31N5O6. The zero-order valence-corrected chi connectivity index (χ0v) is 22.9. The van der Waals surface area contributed by atoms with E-state index in [2.05, 4.69) is 16.0 Å². The second-order valence-corrected chi connectivity index (χ2v) is 9.93. The molecule has 1 heterocycles. The lowest BCUT2D eigenvalue weighted by atomic mass is 10.1. The van der Waals surface area contributed by atoms with Gasteiger partial charge >= 0.3 is 12.0 Å². The number of fused-ring (bicyclic) bond motifs is 1. The summed E-state index contributed by atoms with van der Waals surface area (Å²) in [5.41, 5.74) is 3.84. The van der Waals surface area contributed by atoms with Gasteiger partial charge < -0.3 is 30.9 Å². The van der Waals surface area contributed by atoms with Crippen molar-refractivity contribution < 1.29 is 29.1 Å². The highest BCUT2D eigenvalue weighted by Gasteiger charge is 2.32. The average molecular weight is 558 g/mol. The maximum absolute atomic E-state index is 13.2. The van der Waals surface area contributed by atoms with Crippen molar-refractivity contribution in [1.82, 2.24) is 4.90 Å². The number of carboxylic acids is 1. The molecule has 0 saturated heterocycles. The first-order valence-electron chi connectivity index (χ1n) is 13.0. The van der Waals surface area contributed by atoms with Crippen molar-refractivity contribution in [2.24, 2.45) is 5.92 Å². The largest absolute Gasteiger partial charge is 0.481 e. The zero-order chi connectivity index (χ0) is 29.7. The molecule has 1 aliphatic heterocycles. The second kappa shape index (κ2) is 12.3. The predicted molar refractivity (Wildman–Crippen MR) is 155 cm³/mol. The minimum atomic E-state index is -1.07. The number of rotatable bonds is 8. The number of nitrogens with zero attached hydrogens (tertiary/aromatic N) is 2. The van der Waals surface area contributed by atoms with E-state index in [1.807, 2.05) is 31.2 Å². The Labute approximate surface area is 237 Å². The topological polar surface area (TPSA) is 148 Å². The van der Waals surface area contributed by atoms with Gasteiger partial charge in [0.2, 0.25) is 11.8 Å². The summed E-state index contributed by atoms with van der Waals surface area (Å²) in [5.74, 6) is -3.10. The highest BCUT2D eigenvalue weighted by Crippen LogP contribution is 2.28. The van der Waals surface area contributed by atoms with Gasteiger partial charge in [-0.25, -0.2) is 4.79 Å². The third kappa shape index (κ3) is 7.07. The van der Waals surface area contributed by atoms with E-state index in [9.17, 15) is 29.1 Å². The first kappa shape index (κ1) is 28.8. The van der Waals surface area contributed by atoms with E-state index in [0.29, 0.717) is 28.3 Å². The Morgan fingerprint density at radius 3 is 2.29 bits per heavy atom. The monoisotopic (exact) mass is 557 g/mol. The van der Waals surface area contributed by atoms with Crippen LogP contribution in [0.5, 0.6) is 0 Å². The van der Waals surface area contributed by atoms with Gasteiger partial charge in [-0.1, -0.05) is 37.3 Å². The van der Waals surface area contributed by atoms with Crippen LogP contribution in [0.15, 0.2) is 66.7 Å².